The SMILES string of the molecule is CN(CCCCN)c1ccc2nc[nH]c2c1. The zero-order valence-corrected chi connectivity index (χ0v) is 9.61. The Hall–Kier alpha value is -1.55. The zero-order chi connectivity index (χ0) is 11.4. The van der Waals surface area contributed by atoms with Crippen molar-refractivity contribution in [3.8, 4) is 0 Å². The molecule has 0 aliphatic rings. The third-order valence-corrected chi connectivity index (χ3v) is 2.79. The van der Waals surface area contributed by atoms with Crippen molar-refractivity contribution in [2.45, 2.75) is 12.8 Å². The molecule has 3 N–H and O–H groups in total. The highest BCUT2D eigenvalue weighted by Crippen LogP contribution is 2.18. The number of hydrogen-bond acceptors (Lipinski definition) is 3. The van der Waals surface area contributed by atoms with Gasteiger partial charge in [-0.05, 0) is 37.6 Å². The number of hydrogen-bond donors (Lipinski definition) is 2. The summed E-state index contributed by atoms with van der Waals surface area (Å²) in [6, 6.07) is 6.27. The van der Waals surface area contributed by atoms with Crippen LogP contribution in [0.4, 0.5) is 5.69 Å². The van der Waals surface area contributed by atoms with Gasteiger partial charge in [-0.3, -0.25) is 0 Å². The Morgan fingerprint density at radius 2 is 2.25 bits per heavy atom. The molecule has 0 bridgehead atoms. The molecule has 0 aliphatic carbocycles. The van der Waals surface area contributed by atoms with Gasteiger partial charge in [0.05, 0.1) is 17.4 Å². The number of imidazole rings is 1. The molecule has 16 heavy (non-hydrogen) atoms. The van der Waals surface area contributed by atoms with Crippen molar-refractivity contribution in [2.24, 2.45) is 5.73 Å². The molecule has 0 fully saturated rings. The van der Waals surface area contributed by atoms with E-state index in [2.05, 4.69) is 34.0 Å². The third kappa shape index (κ3) is 2.33. The third-order valence-electron chi connectivity index (χ3n) is 2.79. The molecule has 0 unspecified atom stereocenters. The average molecular weight is 218 g/mol. The van der Waals surface area contributed by atoms with Crippen LogP contribution in [0.1, 0.15) is 12.8 Å². The fourth-order valence-electron chi connectivity index (χ4n) is 1.78. The minimum absolute atomic E-state index is 0.771. The van der Waals surface area contributed by atoms with Gasteiger partial charge in [-0.15, -0.1) is 0 Å². The van der Waals surface area contributed by atoms with E-state index < -0.39 is 0 Å². The molecular formula is C12H18N4. The highest BCUT2D eigenvalue weighted by Gasteiger charge is 2.02. The quantitative estimate of drug-likeness (QED) is 0.751. The van der Waals surface area contributed by atoms with Gasteiger partial charge < -0.3 is 15.6 Å². The lowest BCUT2D eigenvalue weighted by Crippen LogP contribution is -2.19. The molecule has 4 nitrogen and oxygen atoms in total. The van der Waals surface area contributed by atoms with Gasteiger partial charge in [0.25, 0.3) is 0 Å². The van der Waals surface area contributed by atoms with E-state index in [9.17, 15) is 0 Å². The molecule has 1 aromatic carbocycles. The maximum absolute atomic E-state index is 5.48. The highest BCUT2D eigenvalue weighted by atomic mass is 15.1. The van der Waals surface area contributed by atoms with Crippen LogP contribution < -0.4 is 10.6 Å². The van der Waals surface area contributed by atoms with Crippen molar-refractivity contribution in [2.75, 3.05) is 25.0 Å². The Morgan fingerprint density at radius 1 is 1.38 bits per heavy atom. The summed E-state index contributed by atoms with van der Waals surface area (Å²) in [5, 5.41) is 0. The molecule has 0 saturated carbocycles. The topological polar surface area (TPSA) is 57.9 Å². The first-order chi connectivity index (χ1) is 7.81. The Balaban J connectivity index is 2.07. The number of benzene rings is 1. The van der Waals surface area contributed by atoms with Crippen LogP contribution in [0.3, 0.4) is 0 Å². The van der Waals surface area contributed by atoms with E-state index in [1.807, 2.05) is 6.07 Å². The van der Waals surface area contributed by atoms with Crippen molar-refractivity contribution < 1.29 is 0 Å². The second-order valence-electron chi connectivity index (χ2n) is 4.02. The van der Waals surface area contributed by atoms with E-state index in [0.717, 1.165) is 37.0 Å². The molecule has 0 aliphatic heterocycles. The lowest BCUT2D eigenvalue weighted by atomic mass is 10.2. The van der Waals surface area contributed by atoms with Gasteiger partial charge in [-0.25, -0.2) is 4.98 Å². The fourth-order valence-corrected chi connectivity index (χ4v) is 1.78. The van der Waals surface area contributed by atoms with E-state index in [-0.39, 0.29) is 0 Å². The number of nitrogens with zero attached hydrogens (tertiary/aromatic N) is 2. The summed E-state index contributed by atoms with van der Waals surface area (Å²) >= 11 is 0. The first-order valence-electron chi connectivity index (χ1n) is 5.65. The van der Waals surface area contributed by atoms with Crippen LogP contribution in [0, 0.1) is 0 Å². The standard InChI is InChI=1S/C12H18N4/c1-16(7-3-2-6-13)10-4-5-11-12(8-10)15-9-14-11/h4-5,8-9H,2-3,6-7,13H2,1H3,(H,14,15). The smallest absolute Gasteiger partial charge is 0.0931 e. The first-order valence-corrected chi connectivity index (χ1v) is 5.65. The number of aromatic nitrogens is 2. The van der Waals surface area contributed by atoms with Crippen LogP contribution in [-0.2, 0) is 0 Å². The minimum Gasteiger partial charge on any atom is -0.375 e. The summed E-state index contributed by atoms with van der Waals surface area (Å²) in [5.74, 6) is 0. The second-order valence-corrected chi connectivity index (χ2v) is 4.02. The number of anilines is 1. The summed E-state index contributed by atoms with van der Waals surface area (Å²) in [5.41, 5.74) is 8.80. The Morgan fingerprint density at radius 3 is 3.06 bits per heavy atom. The van der Waals surface area contributed by atoms with Crippen molar-refractivity contribution >= 4 is 16.7 Å². The number of aromatic amines is 1. The van der Waals surface area contributed by atoms with Gasteiger partial charge in [0, 0.05) is 19.3 Å². The van der Waals surface area contributed by atoms with E-state index >= 15 is 0 Å². The maximum Gasteiger partial charge on any atom is 0.0931 e. The summed E-state index contributed by atoms with van der Waals surface area (Å²) in [7, 11) is 2.11. The van der Waals surface area contributed by atoms with E-state index in [0.29, 0.717) is 0 Å². The maximum atomic E-state index is 5.48. The molecule has 1 aromatic heterocycles. The molecule has 86 valence electrons. The highest BCUT2D eigenvalue weighted by molar-refractivity contribution is 5.78. The Labute approximate surface area is 95.5 Å². The van der Waals surface area contributed by atoms with Crippen LogP contribution in [0.25, 0.3) is 11.0 Å². The summed E-state index contributed by atoms with van der Waals surface area (Å²) in [6.45, 7) is 1.81. The number of nitrogens with two attached hydrogens (primary N) is 1. The first kappa shape index (κ1) is 11.0. The van der Waals surface area contributed by atoms with Crippen molar-refractivity contribution in [3.05, 3.63) is 24.5 Å². The summed E-state index contributed by atoms with van der Waals surface area (Å²) in [6.07, 6.45) is 3.94. The molecule has 0 radical (unpaired) electrons. The van der Waals surface area contributed by atoms with Gasteiger partial charge in [0.1, 0.15) is 0 Å². The molecule has 0 atom stereocenters. The van der Waals surface area contributed by atoms with Crippen molar-refractivity contribution in [3.63, 3.8) is 0 Å². The lowest BCUT2D eigenvalue weighted by Gasteiger charge is -2.18. The number of fused-ring (bicyclic) bond motifs is 1. The van der Waals surface area contributed by atoms with E-state index in [1.54, 1.807) is 6.33 Å². The Kier molecular flexibility index (Phi) is 3.41. The van der Waals surface area contributed by atoms with Crippen LogP contribution in [0.15, 0.2) is 24.5 Å². The number of nitrogens with one attached hydrogen (secondary N) is 1. The number of unbranched alkanes of at least 4 members (excludes halogenated alkanes) is 1. The van der Waals surface area contributed by atoms with E-state index in [1.165, 1.54) is 5.69 Å². The van der Waals surface area contributed by atoms with Gasteiger partial charge in [-0.2, -0.15) is 0 Å². The second kappa shape index (κ2) is 4.99. The molecule has 0 amide bonds. The van der Waals surface area contributed by atoms with Crippen molar-refractivity contribution in [1.82, 2.24) is 9.97 Å². The summed E-state index contributed by atoms with van der Waals surface area (Å²) in [4.78, 5) is 9.57. The van der Waals surface area contributed by atoms with Crippen LogP contribution >= 0.6 is 0 Å². The predicted octanol–water partition coefficient (Wildman–Crippen LogP) is 1.74. The average Bonchev–Trinajstić information content (AvgIpc) is 2.76. The molecule has 2 rings (SSSR count). The van der Waals surface area contributed by atoms with Gasteiger partial charge >= 0.3 is 0 Å². The molecule has 4 heteroatoms. The molecule has 1 heterocycles. The monoisotopic (exact) mass is 218 g/mol. The van der Waals surface area contributed by atoms with E-state index in [4.69, 9.17) is 5.73 Å². The summed E-state index contributed by atoms with van der Waals surface area (Å²) < 4.78 is 0. The Bertz CT molecular complexity index is 449. The van der Waals surface area contributed by atoms with Crippen LogP contribution in [-0.4, -0.2) is 30.1 Å². The minimum atomic E-state index is 0.771. The largest absolute Gasteiger partial charge is 0.375 e. The number of rotatable bonds is 5. The van der Waals surface area contributed by atoms with Crippen LogP contribution in [0.5, 0.6) is 0 Å². The number of H-pyrrole nitrogens is 1. The van der Waals surface area contributed by atoms with Gasteiger partial charge in [0.15, 0.2) is 0 Å². The van der Waals surface area contributed by atoms with Crippen LogP contribution in [0.2, 0.25) is 0 Å². The van der Waals surface area contributed by atoms with Gasteiger partial charge in [-0.1, -0.05) is 0 Å². The fraction of sp³-hybridized carbons (Fsp3) is 0.417. The van der Waals surface area contributed by atoms with Crippen molar-refractivity contribution in [1.29, 1.82) is 0 Å². The zero-order valence-electron chi connectivity index (χ0n) is 9.61. The predicted molar refractivity (Wildman–Crippen MR) is 67.7 cm³/mol. The molecular weight excluding hydrogens is 200 g/mol. The lowest BCUT2D eigenvalue weighted by molar-refractivity contribution is 0.728. The molecule has 2 aromatic rings. The normalized spacial score (nSPS) is 10.9. The molecule has 0 saturated heterocycles. The van der Waals surface area contributed by atoms with Gasteiger partial charge in [0.2, 0.25) is 0 Å². The molecule has 0 spiro atoms.